The van der Waals surface area contributed by atoms with Crippen molar-refractivity contribution in [3.8, 4) is 5.69 Å². The second kappa shape index (κ2) is 9.02. The topological polar surface area (TPSA) is 64.4 Å². The molecule has 4 rings (SSSR count). The molecule has 1 amide bonds. The predicted octanol–water partition coefficient (Wildman–Crippen LogP) is 4.08. The van der Waals surface area contributed by atoms with E-state index in [1.807, 2.05) is 49.9 Å². The third-order valence-corrected chi connectivity index (χ3v) is 6.35. The van der Waals surface area contributed by atoms with E-state index >= 15 is 0 Å². The Bertz CT molecular complexity index is 1170. The Labute approximate surface area is 190 Å². The molecule has 0 N–H and O–H groups in total. The number of carbonyl (C=O) groups excluding carboxylic acids is 1. The Morgan fingerprint density at radius 1 is 1.16 bits per heavy atom. The van der Waals surface area contributed by atoms with Gasteiger partial charge >= 0.3 is 0 Å². The summed E-state index contributed by atoms with van der Waals surface area (Å²) in [5.41, 5.74) is 2.14. The van der Waals surface area contributed by atoms with Gasteiger partial charge in [-0.05, 0) is 51.1 Å². The number of fused-ring (bicyclic) bond motifs is 1. The number of morpholine rings is 1. The summed E-state index contributed by atoms with van der Waals surface area (Å²) in [5, 5.41) is 1.46. The minimum atomic E-state index is -0.186. The molecule has 1 aliphatic rings. The van der Waals surface area contributed by atoms with Crippen molar-refractivity contribution in [1.82, 2.24) is 14.5 Å². The molecule has 2 heterocycles. The first-order valence-corrected chi connectivity index (χ1v) is 11.5. The Kier molecular flexibility index (Phi) is 6.36. The van der Waals surface area contributed by atoms with E-state index in [1.165, 1.54) is 11.8 Å². The fourth-order valence-corrected chi connectivity index (χ4v) is 4.84. The van der Waals surface area contributed by atoms with Crippen molar-refractivity contribution < 1.29 is 9.53 Å². The summed E-state index contributed by atoms with van der Waals surface area (Å²) in [5.74, 6) is 0.187. The van der Waals surface area contributed by atoms with Gasteiger partial charge in [-0.2, -0.15) is 0 Å². The van der Waals surface area contributed by atoms with E-state index in [2.05, 4.69) is 4.98 Å². The van der Waals surface area contributed by atoms with Gasteiger partial charge in [-0.3, -0.25) is 14.2 Å². The SMILES string of the molecule is Cc1ccc(-n2c(SCC(=O)N3C[C@@H](C)O[C@H](C)C3)nc3cc(Cl)ccc3c2=O)cc1. The number of nitrogens with zero attached hydrogens (tertiary/aromatic N) is 3. The third kappa shape index (κ3) is 4.79. The molecular formula is C23H24ClN3O3S. The Morgan fingerprint density at radius 3 is 2.52 bits per heavy atom. The standard InChI is InChI=1S/C23H24ClN3O3S/c1-14-4-7-18(8-5-14)27-22(29)19-9-6-17(24)10-20(19)25-23(27)31-13-21(28)26-11-15(2)30-16(3)12-26/h4-10,15-16H,11-13H2,1-3H3/t15-,16-/m1/s1. The maximum atomic E-state index is 13.3. The van der Waals surface area contributed by atoms with E-state index in [0.29, 0.717) is 39.9 Å². The molecule has 2 aromatic carbocycles. The van der Waals surface area contributed by atoms with Crippen LogP contribution in [-0.2, 0) is 9.53 Å². The summed E-state index contributed by atoms with van der Waals surface area (Å²) in [6.45, 7) is 7.05. The molecule has 2 atom stereocenters. The maximum absolute atomic E-state index is 13.3. The predicted molar refractivity (Wildman–Crippen MR) is 124 cm³/mol. The van der Waals surface area contributed by atoms with E-state index in [-0.39, 0.29) is 29.4 Å². The number of rotatable bonds is 4. The van der Waals surface area contributed by atoms with Crippen molar-refractivity contribution in [2.24, 2.45) is 0 Å². The molecule has 31 heavy (non-hydrogen) atoms. The number of aromatic nitrogens is 2. The van der Waals surface area contributed by atoms with Crippen LogP contribution in [0, 0.1) is 6.92 Å². The lowest BCUT2D eigenvalue weighted by molar-refractivity contribution is -0.140. The molecule has 1 aliphatic heterocycles. The lowest BCUT2D eigenvalue weighted by Gasteiger charge is -2.35. The number of benzene rings is 2. The van der Waals surface area contributed by atoms with Gasteiger partial charge in [0, 0.05) is 18.1 Å². The summed E-state index contributed by atoms with van der Waals surface area (Å²) in [4.78, 5) is 32.7. The molecule has 1 fully saturated rings. The first-order valence-electron chi connectivity index (χ1n) is 10.2. The maximum Gasteiger partial charge on any atom is 0.266 e. The van der Waals surface area contributed by atoms with Crippen LogP contribution in [0.25, 0.3) is 16.6 Å². The molecule has 0 radical (unpaired) electrons. The highest BCUT2D eigenvalue weighted by Crippen LogP contribution is 2.24. The van der Waals surface area contributed by atoms with Crippen LogP contribution in [-0.4, -0.2) is 51.4 Å². The van der Waals surface area contributed by atoms with Gasteiger partial charge in [0.15, 0.2) is 5.16 Å². The Hall–Kier alpha value is -2.35. The zero-order chi connectivity index (χ0) is 22.1. The van der Waals surface area contributed by atoms with Gasteiger partial charge in [0.1, 0.15) is 0 Å². The van der Waals surface area contributed by atoms with Crippen molar-refractivity contribution >= 4 is 40.2 Å². The molecule has 3 aromatic rings. The van der Waals surface area contributed by atoms with Crippen molar-refractivity contribution in [2.75, 3.05) is 18.8 Å². The van der Waals surface area contributed by atoms with Gasteiger partial charge in [-0.1, -0.05) is 41.1 Å². The third-order valence-electron chi connectivity index (χ3n) is 5.19. The molecule has 0 bridgehead atoms. The molecule has 8 heteroatoms. The summed E-state index contributed by atoms with van der Waals surface area (Å²) >= 11 is 7.39. The Morgan fingerprint density at radius 2 is 1.84 bits per heavy atom. The number of aryl methyl sites for hydroxylation is 1. The number of carbonyl (C=O) groups is 1. The van der Waals surface area contributed by atoms with Gasteiger partial charge in [0.2, 0.25) is 5.91 Å². The van der Waals surface area contributed by atoms with Crippen molar-refractivity contribution in [1.29, 1.82) is 0 Å². The molecule has 162 valence electrons. The van der Waals surface area contributed by atoms with Crippen LogP contribution in [0.3, 0.4) is 0 Å². The van der Waals surface area contributed by atoms with Crippen LogP contribution < -0.4 is 5.56 Å². The first-order chi connectivity index (χ1) is 14.8. The van der Waals surface area contributed by atoms with Crippen molar-refractivity contribution in [2.45, 2.75) is 38.1 Å². The summed E-state index contributed by atoms with van der Waals surface area (Å²) in [6, 6.07) is 12.7. The number of hydrogen-bond donors (Lipinski definition) is 0. The lowest BCUT2D eigenvalue weighted by atomic mass is 10.2. The fraction of sp³-hybridized carbons (Fsp3) is 0.348. The highest BCUT2D eigenvalue weighted by Gasteiger charge is 2.26. The van der Waals surface area contributed by atoms with E-state index in [4.69, 9.17) is 16.3 Å². The monoisotopic (exact) mass is 457 g/mol. The number of halogens is 1. The van der Waals surface area contributed by atoms with Crippen molar-refractivity contribution in [3.63, 3.8) is 0 Å². The average Bonchev–Trinajstić information content (AvgIpc) is 2.72. The number of thioether (sulfide) groups is 1. The minimum Gasteiger partial charge on any atom is -0.372 e. The van der Waals surface area contributed by atoms with Gasteiger partial charge in [0.25, 0.3) is 5.56 Å². The van der Waals surface area contributed by atoms with Crippen LogP contribution >= 0.6 is 23.4 Å². The highest BCUT2D eigenvalue weighted by molar-refractivity contribution is 7.99. The van der Waals surface area contributed by atoms with Gasteiger partial charge in [-0.25, -0.2) is 4.98 Å². The van der Waals surface area contributed by atoms with Crippen LogP contribution in [0.15, 0.2) is 52.4 Å². The molecular weight excluding hydrogens is 434 g/mol. The molecule has 0 saturated carbocycles. The fourth-order valence-electron chi connectivity index (χ4n) is 3.76. The minimum absolute atomic E-state index is 0.00268. The highest BCUT2D eigenvalue weighted by atomic mass is 35.5. The summed E-state index contributed by atoms with van der Waals surface area (Å²) in [7, 11) is 0. The van der Waals surface area contributed by atoms with Crippen LogP contribution in [0.1, 0.15) is 19.4 Å². The smallest absolute Gasteiger partial charge is 0.266 e. The molecule has 1 saturated heterocycles. The largest absolute Gasteiger partial charge is 0.372 e. The van der Waals surface area contributed by atoms with Crippen LogP contribution in [0.2, 0.25) is 5.02 Å². The second-order valence-corrected chi connectivity index (χ2v) is 9.26. The molecule has 0 unspecified atom stereocenters. The van der Waals surface area contributed by atoms with Gasteiger partial charge in [-0.15, -0.1) is 0 Å². The molecule has 0 spiro atoms. The normalized spacial score (nSPS) is 19.0. The zero-order valence-corrected chi connectivity index (χ0v) is 19.2. The van der Waals surface area contributed by atoms with Crippen LogP contribution in [0.4, 0.5) is 0 Å². The molecule has 6 nitrogen and oxygen atoms in total. The van der Waals surface area contributed by atoms with E-state index in [0.717, 1.165) is 5.56 Å². The quantitative estimate of drug-likeness (QED) is 0.436. The molecule has 0 aliphatic carbocycles. The number of ether oxygens (including phenoxy) is 1. The summed E-state index contributed by atoms with van der Waals surface area (Å²) in [6.07, 6.45) is 0.00810. The second-order valence-electron chi connectivity index (χ2n) is 7.88. The average molecular weight is 458 g/mol. The van der Waals surface area contributed by atoms with E-state index in [9.17, 15) is 9.59 Å². The zero-order valence-electron chi connectivity index (χ0n) is 17.7. The van der Waals surface area contributed by atoms with Crippen molar-refractivity contribution in [3.05, 3.63) is 63.4 Å². The van der Waals surface area contributed by atoms with Crippen LogP contribution in [0.5, 0.6) is 0 Å². The first kappa shape index (κ1) is 21.9. The molecule has 1 aromatic heterocycles. The number of hydrogen-bond acceptors (Lipinski definition) is 5. The van der Waals surface area contributed by atoms with Gasteiger partial charge in [0.05, 0.1) is 34.6 Å². The lowest BCUT2D eigenvalue weighted by Crippen LogP contribution is -2.48. The van der Waals surface area contributed by atoms with E-state index in [1.54, 1.807) is 22.8 Å². The van der Waals surface area contributed by atoms with Gasteiger partial charge < -0.3 is 9.64 Å². The van der Waals surface area contributed by atoms with E-state index < -0.39 is 0 Å². The summed E-state index contributed by atoms with van der Waals surface area (Å²) < 4.78 is 7.29. The Balaban J connectivity index is 1.70. The number of amides is 1.